The minimum atomic E-state index is -0.306. The van der Waals surface area contributed by atoms with E-state index in [1.54, 1.807) is 53.4 Å². The van der Waals surface area contributed by atoms with Gasteiger partial charge in [0.1, 0.15) is 5.82 Å². The lowest BCUT2D eigenvalue weighted by Crippen LogP contribution is -2.34. The Morgan fingerprint density at radius 1 is 1.14 bits per heavy atom. The van der Waals surface area contributed by atoms with Gasteiger partial charge in [-0.3, -0.25) is 14.5 Å². The van der Waals surface area contributed by atoms with E-state index in [0.717, 1.165) is 12.8 Å². The summed E-state index contributed by atoms with van der Waals surface area (Å²) >= 11 is 0. The topological polar surface area (TPSA) is 61.4 Å². The van der Waals surface area contributed by atoms with Crippen LogP contribution in [0.4, 0.5) is 10.1 Å². The second-order valence-electron chi connectivity index (χ2n) is 6.89. The highest BCUT2D eigenvalue weighted by Crippen LogP contribution is 2.21. The lowest BCUT2D eigenvalue weighted by molar-refractivity contribution is -0.117. The fourth-order valence-corrected chi connectivity index (χ4v) is 2.91. The fourth-order valence-electron chi connectivity index (χ4n) is 2.91. The van der Waals surface area contributed by atoms with E-state index in [1.807, 2.05) is 0 Å². The van der Waals surface area contributed by atoms with Gasteiger partial charge in [-0.25, -0.2) is 4.39 Å². The molecule has 1 saturated carbocycles. The van der Waals surface area contributed by atoms with Gasteiger partial charge in [-0.2, -0.15) is 0 Å². The quantitative estimate of drug-likeness (QED) is 0.655. The van der Waals surface area contributed by atoms with Crippen LogP contribution in [0.3, 0.4) is 0 Å². The number of carbonyl (C=O) groups is 2. The van der Waals surface area contributed by atoms with Crippen LogP contribution in [-0.4, -0.2) is 35.8 Å². The van der Waals surface area contributed by atoms with E-state index >= 15 is 0 Å². The van der Waals surface area contributed by atoms with Crippen molar-refractivity contribution in [1.29, 1.82) is 0 Å². The van der Waals surface area contributed by atoms with Gasteiger partial charge >= 0.3 is 0 Å². The van der Waals surface area contributed by atoms with E-state index in [9.17, 15) is 14.0 Å². The Kier molecular flexibility index (Phi) is 6.55. The Hall–Kier alpha value is -2.99. The average Bonchev–Trinajstić information content (AvgIpc) is 3.48. The van der Waals surface area contributed by atoms with Crippen LogP contribution in [-0.2, 0) is 11.3 Å². The number of nitrogens with one attached hydrogen (secondary N) is 2. The zero-order valence-electron chi connectivity index (χ0n) is 15.7. The van der Waals surface area contributed by atoms with Crippen molar-refractivity contribution in [1.82, 2.24) is 10.2 Å². The smallest absolute Gasteiger partial charge is 0.253 e. The van der Waals surface area contributed by atoms with Crippen LogP contribution in [0.15, 0.2) is 61.2 Å². The van der Waals surface area contributed by atoms with Crippen LogP contribution in [0.25, 0.3) is 0 Å². The van der Waals surface area contributed by atoms with Gasteiger partial charge in [0.15, 0.2) is 0 Å². The third-order valence-electron chi connectivity index (χ3n) is 4.46. The zero-order valence-corrected chi connectivity index (χ0v) is 15.7. The highest BCUT2D eigenvalue weighted by Gasteiger charge is 2.25. The van der Waals surface area contributed by atoms with Gasteiger partial charge in [-0.1, -0.05) is 36.4 Å². The van der Waals surface area contributed by atoms with Crippen LogP contribution in [0.5, 0.6) is 0 Å². The Morgan fingerprint density at radius 2 is 1.86 bits per heavy atom. The molecule has 0 bridgehead atoms. The lowest BCUT2D eigenvalue weighted by atomic mass is 10.1. The molecule has 6 heteroatoms. The van der Waals surface area contributed by atoms with Crippen molar-refractivity contribution in [3.63, 3.8) is 0 Å². The molecule has 2 aromatic carbocycles. The molecule has 2 N–H and O–H groups in total. The lowest BCUT2D eigenvalue weighted by Gasteiger charge is -2.21. The first-order valence-electron chi connectivity index (χ1n) is 9.33. The van der Waals surface area contributed by atoms with Crippen LogP contribution in [0.2, 0.25) is 0 Å². The first-order valence-corrected chi connectivity index (χ1v) is 9.33. The van der Waals surface area contributed by atoms with Gasteiger partial charge in [0, 0.05) is 24.7 Å². The molecule has 2 amide bonds. The standard InChI is InChI=1S/C22H24FN3O2/c1-2-13-26(14-16-7-3-5-9-19(16)23)15-21(27)25-20-10-6-4-8-18(20)22(28)24-17-11-12-17/h2-10,17H,1,11-15H2,(H,24,28)(H,25,27). The number of rotatable bonds is 9. The molecule has 2 aromatic rings. The number of hydrogen-bond donors (Lipinski definition) is 2. The second-order valence-corrected chi connectivity index (χ2v) is 6.89. The summed E-state index contributed by atoms with van der Waals surface area (Å²) in [5.41, 5.74) is 1.42. The SMILES string of the molecule is C=CCN(CC(=O)Nc1ccccc1C(=O)NC1CC1)Cc1ccccc1F. The molecule has 1 fully saturated rings. The minimum Gasteiger partial charge on any atom is -0.349 e. The van der Waals surface area contributed by atoms with Crippen LogP contribution in [0, 0.1) is 5.82 Å². The van der Waals surface area contributed by atoms with Crippen LogP contribution in [0.1, 0.15) is 28.8 Å². The molecular formula is C22H24FN3O2. The molecule has 1 aliphatic rings. The molecular weight excluding hydrogens is 357 g/mol. The predicted octanol–water partition coefficient (Wildman–Crippen LogP) is 3.34. The van der Waals surface area contributed by atoms with Gasteiger partial charge in [-0.15, -0.1) is 6.58 Å². The molecule has 0 aliphatic heterocycles. The van der Waals surface area contributed by atoms with E-state index in [1.165, 1.54) is 6.07 Å². The van der Waals surface area contributed by atoms with Crippen molar-refractivity contribution in [3.05, 3.63) is 78.1 Å². The number of carbonyl (C=O) groups excluding carboxylic acids is 2. The summed E-state index contributed by atoms with van der Waals surface area (Å²) in [6.07, 6.45) is 3.66. The third kappa shape index (κ3) is 5.50. The first-order chi connectivity index (χ1) is 13.6. The predicted molar refractivity (Wildman–Crippen MR) is 107 cm³/mol. The summed E-state index contributed by atoms with van der Waals surface area (Å²) in [5.74, 6) is -0.767. The molecule has 1 aliphatic carbocycles. The van der Waals surface area contributed by atoms with Crippen molar-refractivity contribution >= 4 is 17.5 Å². The Bertz CT molecular complexity index is 864. The molecule has 3 rings (SSSR count). The molecule has 0 atom stereocenters. The maximum Gasteiger partial charge on any atom is 0.253 e. The Morgan fingerprint density at radius 3 is 2.57 bits per heavy atom. The summed E-state index contributed by atoms with van der Waals surface area (Å²) < 4.78 is 13.9. The van der Waals surface area contributed by atoms with Crippen molar-refractivity contribution in [2.24, 2.45) is 0 Å². The number of hydrogen-bond acceptors (Lipinski definition) is 3. The summed E-state index contributed by atoms with van der Waals surface area (Å²) in [5, 5.41) is 5.73. The number of para-hydroxylation sites is 1. The molecule has 0 heterocycles. The van der Waals surface area contributed by atoms with E-state index in [2.05, 4.69) is 17.2 Å². The van der Waals surface area contributed by atoms with E-state index in [-0.39, 0.29) is 36.8 Å². The molecule has 0 unspecified atom stereocenters. The molecule has 0 aromatic heterocycles. The molecule has 0 spiro atoms. The number of amides is 2. The van der Waals surface area contributed by atoms with Crippen LogP contribution >= 0.6 is 0 Å². The molecule has 0 radical (unpaired) electrons. The monoisotopic (exact) mass is 381 g/mol. The fraction of sp³-hybridized carbons (Fsp3) is 0.273. The van der Waals surface area contributed by atoms with E-state index in [0.29, 0.717) is 23.4 Å². The van der Waals surface area contributed by atoms with Crippen molar-refractivity contribution in [2.75, 3.05) is 18.4 Å². The molecule has 0 saturated heterocycles. The summed E-state index contributed by atoms with van der Waals surface area (Å²) in [7, 11) is 0. The van der Waals surface area contributed by atoms with Gasteiger partial charge in [-0.05, 0) is 31.0 Å². The Labute approximate surface area is 164 Å². The number of benzene rings is 2. The van der Waals surface area contributed by atoms with Gasteiger partial charge in [0.2, 0.25) is 5.91 Å². The first kappa shape index (κ1) is 19.8. The molecule has 5 nitrogen and oxygen atoms in total. The van der Waals surface area contributed by atoms with Crippen molar-refractivity contribution < 1.29 is 14.0 Å². The van der Waals surface area contributed by atoms with Gasteiger partial charge in [0.05, 0.1) is 17.8 Å². The third-order valence-corrected chi connectivity index (χ3v) is 4.46. The largest absolute Gasteiger partial charge is 0.349 e. The molecule has 146 valence electrons. The number of nitrogens with zero attached hydrogens (tertiary/aromatic N) is 1. The molecule has 28 heavy (non-hydrogen) atoms. The average molecular weight is 381 g/mol. The van der Waals surface area contributed by atoms with Gasteiger partial charge in [0.25, 0.3) is 5.91 Å². The Balaban J connectivity index is 1.65. The van der Waals surface area contributed by atoms with Crippen molar-refractivity contribution in [3.8, 4) is 0 Å². The summed E-state index contributed by atoms with van der Waals surface area (Å²) in [4.78, 5) is 26.7. The number of halogens is 1. The maximum absolute atomic E-state index is 13.9. The highest BCUT2D eigenvalue weighted by molar-refractivity contribution is 6.04. The maximum atomic E-state index is 13.9. The number of anilines is 1. The summed E-state index contributed by atoms with van der Waals surface area (Å²) in [6, 6.07) is 13.6. The summed E-state index contributed by atoms with van der Waals surface area (Å²) in [6.45, 7) is 4.48. The zero-order chi connectivity index (χ0) is 19.9. The van der Waals surface area contributed by atoms with E-state index < -0.39 is 0 Å². The van der Waals surface area contributed by atoms with Crippen LogP contribution < -0.4 is 10.6 Å². The van der Waals surface area contributed by atoms with Gasteiger partial charge < -0.3 is 10.6 Å². The highest BCUT2D eigenvalue weighted by atomic mass is 19.1. The normalized spacial score (nSPS) is 13.2. The van der Waals surface area contributed by atoms with Crippen molar-refractivity contribution in [2.45, 2.75) is 25.4 Å². The van der Waals surface area contributed by atoms with E-state index in [4.69, 9.17) is 0 Å². The minimum absolute atomic E-state index is 0.0545. The second kappa shape index (κ2) is 9.28.